The third kappa shape index (κ3) is 5.55. The number of hydrogen-bond acceptors (Lipinski definition) is 5. The third-order valence-electron chi connectivity index (χ3n) is 3.93. The molecule has 0 heterocycles. The average Bonchev–Trinajstić information content (AvgIpc) is 3.40. The fourth-order valence-corrected chi connectivity index (χ4v) is 3.37. The van der Waals surface area contributed by atoms with E-state index in [0.717, 1.165) is 6.54 Å². The molecule has 1 fully saturated rings. The van der Waals surface area contributed by atoms with E-state index in [9.17, 15) is 13.2 Å². The highest BCUT2D eigenvalue weighted by Crippen LogP contribution is 2.24. The van der Waals surface area contributed by atoms with Crippen LogP contribution in [-0.4, -0.2) is 65.7 Å². The van der Waals surface area contributed by atoms with E-state index in [1.165, 1.54) is 32.1 Å². The molecular weight excluding hydrogens is 330 g/mol. The Kier molecular flexibility index (Phi) is 6.73. The fraction of sp³-hybridized carbons (Fsp3) is 0.562. The molecule has 2 N–H and O–H groups in total. The number of nitrogens with zero attached hydrogens (tertiary/aromatic N) is 1. The molecule has 7 nitrogen and oxygen atoms in total. The first kappa shape index (κ1) is 18.9. The summed E-state index contributed by atoms with van der Waals surface area (Å²) in [5.74, 6) is -0.270. The Bertz CT molecular complexity index is 659. The molecule has 24 heavy (non-hydrogen) atoms. The van der Waals surface area contributed by atoms with Crippen LogP contribution < -0.4 is 10.0 Å². The Labute approximate surface area is 143 Å². The summed E-state index contributed by atoms with van der Waals surface area (Å²) in [6.07, 6.45) is 2.45. The van der Waals surface area contributed by atoms with E-state index in [1.807, 2.05) is 7.05 Å². The Morgan fingerprint density at radius 3 is 2.75 bits per heavy atom. The van der Waals surface area contributed by atoms with Crippen LogP contribution in [-0.2, 0) is 14.8 Å². The van der Waals surface area contributed by atoms with Gasteiger partial charge in [0.1, 0.15) is 0 Å². The smallest absolute Gasteiger partial charge is 0.251 e. The summed E-state index contributed by atoms with van der Waals surface area (Å²) in [5, 5.41) is 2.83. The second kappa shape index (κ2) is 8.57. The summed E-state index contributed by atoms with van der Waals surface area (Å²) in [6, 6.07) is 6.67. The summed E-state index contributed by atoms with van der Waals surface area (Å²) in [7, 11) is -0.0994. The molecule has 1 saturated carbocycles. The Morgan fingerprint density at radius 1 is 1.33 bits per heavy atom. The van der Waals surface area contributed by atoms with Gasteiger partial charge in [0, 0.05) is 38.3 Å². The number of ether oxygens (including phenoxy) is 1. The minimum absolute atomic E-state index is 0.0707. The molecule has 134 valence electrons. The number of carbonyl (C=O) groups is 1. The largest absolute Gasteiger partial charge is 0.383 e. The summed E-state index contributed by atoms with van der Waals surface area (Å²) < 4.78 is 31.6. The molecule has 1 aliphatic rings. The van der Waals surface area contributed by atoms with Gasteiger partial charge in [-0.15, -0.1) is 0 Å². The van der Waals surface area contributed by atoms with Crippen LogP contribution in [0.1, 0.15) is 23.2 Å². The van der Waals surface area contributed by atoms with E-state index in [-0.39, 0.29) is 24.0 Å². The van der Waals surface area contributed by atoms with Gasteiger partial charge in [-0.2, -0.15) is 0 Å². The van der Waals surface area contributed by atoms with Crippen molar-refractivity contribution in [3.8, 4) is 0 Å². The zero-order valence-electron chi connectivity index (χ0n) is 14.1. The number of nitrogens with one attached hydrogen (secondary N) is 2. The average molecular weight is 355 g/mol. The maximum Gasteiger partial charge on any atom is 0.251 e. The van der Waals surface area contributed by atoms with Crippen molar-refractivity contribution in [2.24, 2.45) is 0 Å². The Hall–Kier alpha value is -1.48. The molecule has 1 aromatic carbocycles. The quantitative estimate of drug-likeness (QED) is 0.595. The molecule has 0 aliphatic heterocycles. The Balaban J connectivity index is 1.91. The molecule has 1 aromatic rings. The Morgan fingerprint density at radius 2 is 2.08 bits per heavy atom. The van der Waals surface area contributed by atoms with Crippen LogP contribution in [0.15, 0.2) is 29.2 Å². The molecule has 1 amide bonds. The molecule has 0 spiro atoms. The van der Waals surface area contributed by atoms with Gasteiger partial charge in [-0.25, -0.2) is 13.1 Å². The van der Waals surface area contributed by atoms with Crippen molar-refractivity contribution in [2.75, 3.05) is 40.4 Å². The topological polar surface area (TPSA) is 87.7 Å². The molecule has 1 aliphatic carbocycles. The van der Waals surface area contributed by atoms with E-state index >= 15 is 0 Å². The lowest BCUT2D eigenvalue weighted by Gasteiger charge is -2.15. The SMILES string of the molecule is COCCNS(=O)(=O)c1cccc(C(=O)NCCN(C)C2CC2)c1. The third-order valence-corrected chi connectivity index (χ3v) is 5.38. The lowest BCUT2D eigenvalue weighted by molar-refractivity contribution is 0.0949. The summed E-state index contributed by atoms with van der Waals surface area (Å²) in [4.78, 5) is 14.5. The first-order chi connectivity index (χ1) is 11.4. The van der Waals surface area contributed by atoms with E-state index in [0.29, 0.717) is 18.2 Å². The van der Waals surface area contributed by atoms with Gasteiger partial charge in [0.05, 0.1) is 11.5 Å². The van der Waals surface area contributed by atoms with Gasteiger partial charge in [-0.05, 0) is 38.1 Å². The normalized spacial score (nSPS) is 14.8. The monoisotopic (exact) mass is 355 g/mol. The maximum atomic E-state index is 12.2. The highest BCUT2D eigenvalue weighted by atomic mass is 32.2. The van der Waals surface area contributed by atoms with Crippen molar-refractivity contribution in [2.45, 2.75) is 23.8 Å². The van der Waals surface area contributed by atoms with Crippen molar-refractivity contribution >= 4 is 15.9 Å². The van der Waals surface area contributed by atoms with E-state index in [2.05, 4.69) is 14.9 Å². The van der Waals surface area contributed by atoms with Crippen LogP contribution in [0.4, 0.5) is 0 Å². The molecule has 0 unspecified atom stereocenters. The van der Waals surface area contributed by atoms with Gasteiger partial charge in [0.25, 0.3) is 5.91 Å². The number of methoxy groups -OCH3 is 1. The van der Waals surface area contributed by atoms with Gasteiger partial charge in [-0.1, -0.05) is 6.07 Å². The summed E-state index contributed by atoms with van der Waals surface area (Å²) in [5.41, 5.74) is 0.332. The first-order valence-corrected chi connectivity index (χ1v) is 9.49. The zero-order valence-corrected chi connectivity index (χ0v) is 14.9. The van der Waals surface area contributed by atoms with Crippen molar-refractivity contribution in [1.82, 2.24) is 14.9 Å². The number of benzene rings is 1. The molecule has 0 bridgehead atoms. The minimum atomic E-state index is -3.64. The second-order valence-electron chi connectivity index (χ2n) is 5.89. The second-order valence-corrected chi connectivity index (χ2v) is 7.65. The number of hydrogen-bond donors (Lipinski definition) is 2. The van der Waals surface area contributed by atoms with Gasteiger partial charge in [0.2, 0.25) is 10.0 Å². The summed E-state index contributed by atoms with van der Waals surface area (Å²) >= 11 is 0. The highest BCUT2D eigenvalue weighted by molar-refractivity contribution is 7.89. The van der Waals surface area contributed by atoms with Gasteiger partial charge >= 0.3 is 0 Å². The number of sulfonamides is 1. The lowest BCUT2D eigenvalue weighted by atomic mass is 10.2. The van der Waals surface area contributed by atoms with Crippen LogP contribution in [0.5, 0.6) is 0 Å². The van der Waals surface area contributed by atoms with Gasteiger partial charge in [0.15, 0.2) is 0 Å². The number of carbonyl (C=O) groups excluding carboxylic acids is 1. The van der Waals surface area contributed by atoms with Crippen molar-refractivity contribution in [3.63, 3.8) is 0 Å². The number of likely N-dealkylation sites (N-methyl/N-ethyl adjacent to an activating group) is 1. The molecule has 0 saturated heterocycles. The van der Waals surface area contributed by atoms with E-state index in [4.69, 9.17) is 4.74 Å². The standard InChI is InChI=1S/C16H25N3O4S/c1-19(14-6-7-14)10-8-17-16(20)13-4-3-5-15(12-13)24(21,22)18-9-11-23-2/h3-5,12,14,18H,6-11H2,1-2H3,(H,17,20). The van der Waals surface area contributed by atoms with Crippen LogP contribution in [0, 0.1) is 0 Å². The van der Waals surface area contributed by atoms with Crippen LogP contribution in [0.25, 0.3) is 0 Å². The highest BCUT2D eigenvalue weighted by Gasteiger charge is 2.25. The molecule has 0 aromatic heterocycles. The van der Waals surface area contributed by atoms with E-state index < -0.39 is 10.0 Å². The maximum absolute atomic E-state index is 12.2. The lowest BCUT2D eigenvalue weighted by Crippen LogP contribution is -2.34. The minimum Gasteiger partial charge on any atom is -0.383 e. The molecular formula is C16H25N3O4S. The predicted molar refractivity (Wildman–Crippen MR) is 91.5 cm³/mol. The van der Waals surface area contributed by atoms with Crippen molar-refractivity contribution in [1.29, 1.82) is 0 Å². The fourth-order valence-electron chi connectivity index (χ4n) is 2.31. The van der Waals surface area contributed by atoms with E-state index in [1.54, 1.807) is 12.1 Å². The zero-order chi connectivity index (χ0) is 17.6. The molecule has 8 heteroatoms. The van der Waals surface area contributed by atoms with Gasteiger partial charge in [-0.3, -0.25) is 4.79 Å². The molecule has 0 atom stereocenters. The summed E-state index contributed by atoms with van der Waals surface area (Å²) in [6.45, 7) is 1.79. The molecule has 2 rings (SSSR count). The number of amides is 1. The van der Waals surface area contributed by atoms with Crippen LogP contribution in [0.2, 0.25) is 0 Å². The first-order valence-electron chi connectivity index (χ1n) is 8.01. The van der Waals surface area contributed by atoms with Crippen LogP contribution >= 0.6 is 0 Å². The van der Waals surface area contributed by atoms with Gasteiger partial charge < -0.3 is 15.0 Å². The van der Waals surface area contributed by atoms with Crippen molar-refractivity contribution < 1.29 is 17.9 Å². The van der Waals surface area contributed by atoms with Crippen LogP contribution in [0.3, 0.4) is 0 Å². The van der Waals surface area contributed by atoms with Crippen molar-refractivity contribution in [3.05, 3.63) is 29.8 Å². The number of rotatable bonds is 10. The predicted octanol–water partition coefficient (Wildman–Crippen LogP) is 0.435. The molecule has 0 radical (unpaired) electrons.